The highest BCUT2D eigenvalue weighted by Gasteiger charge is 2.38. The summed E-state index contributed by atoms with van der Waals surface area (Å²) in [6, 6.07) is 1.54. The Kier molecular flexibility index (Phi) is 3.91. The molecule has 1 aliphatic rings. The van der Waals surface area contributed by atoms with Gasteiger partial charge in [-0.05, 0) is 31.6 Å². The fourth-order valence-electron chi connectivity index (χ4n) is 2.34. The maximum Gasteiger partial charge on any atom is 0.163 e. The molecule has 3 nitrogen and oxygen atoms in total. The van der Waals surface area contributed by atoms with E-state index in [1.807, 2.05) is 0 Å². The fourth-order valence-corrected chi connectivity index (χ4v) is 2.76. The van der Waals surface area contributed by atoms with Crippen molar-refractivity contribution >= 4 is 23.2 Å². The number of aromatic nitrogens is 2. The van der Waals surface area contributed by atoms with Gasteiger partial charge in [-0.3, -0.25) is 0 Å². The van der Waals surface area contributed by atoms with Gasteiger partial charge in [0.2, 0.25) is 0 Å². The minimum Gasteiger partial charge on any atom is -0.370 e. The van der Waals surface area contributed by atoms with Gasteiger partial charge >= 0.3 is 0 Å². The molecule has 1 heterocycles. The van der Waals surface area contributed by atoms with Gasteiger partial charge in [-0.15, -0.1) is 0 Å². The van der Waals surface area contributed by atoms with Gasteiger partial charge in [0.25, 0.3) is 0 Å². The molecule has 0 N–H and O–H groups in total. The van der Waals surface area contributed by atoms with Crippen LogP contribution in [-0.4, -0.2) is 17.1 Å². The van der Waals surface area contributed by atoms with E-state index in [0.29, 0.717) is 16.1 Å². The van der Waals surface area contributed by atoms with Gasteiger partial charge in [0.15, 0.2) is 5.82 Å². The molecule has 2 rings (SSSR count). The molecule has 0 aliphatic heterocycles. The van der Waals surface area contributed by atoms with E-state index in [4.69, 9.17) is 27.9 Å². The van der Waals surface area contributed by atoms with Crippen LogP contribution < -0.4 is 0 Å². The highest BCUT2D eigenvalue weighted by molar-refractivity contribution is 6.33. The Morgan fingerprint density at radius 2 is 1.76 bits per heavy atom. The number of methoxy groups -OCH3 is 1. The molecule has 1 fully saturated rings. The van der Waals surface area contributed by atoms with Gasteiger partial charge in [0.05, 0.1) is 0 Å². The first-order valence-electron chi connectivity index (χ1n) is 5.81. The molecule has 17 heavy (non-hydrogen) atoms. The highest BCUT2D eigenvalue weighted by Crippen LogP contribution is 2.41. The van der Waals surface area contributed by atoms with E-state index in [-0.39, 0.29) is 0 Å². The van der Waals surface area contributed by atoms with Crippen molar-refractivity contribution in [1.29, 1.82) is 0 Å². The second-order valence-corrected chi connectivity index (χ2v) is 5.49. The molecule has 1 aliphatic carbocycles. The van der Waals surface area contributed by atoms with Gasteiger partial charge in [0, 0.05) is 13.2 Å². The minimum absolute atomic E-state index is 0.370. The van der Waals surface area contributed by atoms with Crippen LogP contribution in [0.2, 0.25) is 10.3 Å². The number of nitrogens with zero attached hydrogens (tertiary/aromatic N) is 2. The van der Waals surface area contributed by atoms with Crippen LogP contribution in [0.15, 0.2) is 6.07 Å². The van der Waals surface area contributed by atoms with Gasteiger partial charge in [-0.25, -0.2) is 9.97 Å². The molecule has 1 saturated carbocycles. The lowest BCUT2D eigenvalue weighted by atomic mass is 9.79. The number of ether oxygens (including phenoxy) is 1. The second-order valence-electron chi connectivity index (χ2n) is 4.72. The summed E-state index contributed by atoms with van der Waals surface area (Å²) in [6.07, 6.45) is 4.06. The molecule has 0 radical (unpaired) electrons. The normalized spacial score (nSPS) is 29.3. The van der Waals surface area contributed by atoms with Gasteiger partial charge < -0.3 is 4.74 Å². The summed E-state index contributed by atoms with van der Waals surface area (Å²) in [4.78, 5) is 8.54. The van der Waals surface area contributed by atoms with Crippen molar-refractivity contribution in [2.75, 3.05) is 7.11 Å². The van der Waals surface area contributed by atoms with Gasteiger partial charge in [-0.2, -0.15) is 0 Å². The number of rotatable bonds is 2. The first-order valence-corrected chi connectivity index (χ1v) is 6.57. The van der Waals surface area contributed by atoms with E-state index < -0.39 is 5.60 Å². The third-order valence-electron chi connectivity index (χ3n) is 3.54. The Hall–Kier alpha value is -0.380. The van der Waals surface area contributed by atoms with Gasteiger partial charge in [-0.1, -0.05) is 30.1 Å². The number of hydrogen-bond donors (Lipinski definition) is 0. The molecule has 0 spiro atoms. The maximum atomic E-state index is 5.93. The quantitative estimate of drug-likeness (QED) is 0.769. The predicted octanol–water partition coefficient (Wildman–Crippen LogP) is 3.84. The van der Waals surface area contributed by atoms with Crippen molar-refractivity contribution in [3.05, 3.63) is 22.2 Å². The molecule has 0 aromatic carbocycles. The summed E-state index contributed by atoms with van der Waals surface area (Å²) in [5.41, 5.74) is -0.416. The van der Waals surface area contributed by atoms with Crippen LogP contribution in [0, 0.1) is 5.92 Å². The smallest absolute Gasteiger partial charge is 0.163 e. The zero-order valence-electron chi connectivity index (χ0n) is 10.0. The summed E-state index contributed by atoms with van der Waals surface area (Å²) in [6.45, 7) is 2.26. The van der Waals surface area contributed by atoms with Crippen molar-refractivity contribution in [3.8, 4) is 0 Å². The number of halogens is 2. The standard InChI is InChI=1S/C12H16Cl2N2O/c1-8-3-5-12(17-2,6-4-8)11-15-9(13)7-10(14)16-11/h7-8H,3-6H2,1-2H3. The van der Waals surface area contributed by atoms with Crippen LogP contribution in [0.5, 0.6) is 0 Å². The Balaban J connectivity index is 2.34. The Bertz CT molecular complexity index is 383. The number of hydrogen-bond acceptors (Lipinski definition) is 3. The zero-order chi connectivity index (χ0) is 12.5. The summed E-state index contributed by atoms with van der Waals surface area (Å²) in [7, 11) is 1.70. The molecular weight excluding hydrogens is 259 g/mol. The van der Waals surface area contributed by atoms with Crippen molar-refractivity contribution in [3.63, 3.8) is 0 Å². The monoisotopic (exact) mass is 274 g/mol. The summed E-state index contributed by atoms with van der Waals surface area (Å²) in [5, 5.41) is 0.741. The molecule has 1 aromatic heterocycles. The molecule has 0 saturated heterocycles. The molecule has 0 atom stereocenters. The summed E-state index contributed by atoms with van der Waals surface area (Å²) in [5.74, 6) is 1.34. The highest BCUT2D eigenvalue weighted by atomic mass is 35.5. The van der Waals surface area contributed by atoms with E-state index in [9.17, 15) is 0 Å². The maximum absolute atomic E-state index is 5.93. The lowest BCUT2D eigenvalue weighted by Crippen LogP contribution is -2.35. The van der Waals surface area contributed by atoms with Crippen LogP contribution in [0.25, 0.3) is 0 Å². The lowest BCUT2D eigenvalue weighted by Gasteiger charge is -2.36. The Morgan fingerprint density at radius 3 is 2.24 bits per heavy atom. The topological polar surface area (TPSA) is 35.0 Å². The van der Waals surface area contributed by atoms with Crippen molar-refractivity contribution in [2.45, 2.75) is 38.2 Å². The minimum atomic E-state index is -0.416. The van der Waals surface area contributed by atoms with E-state index >= 15 is 0 Å². The van der Waals surface area contributed by atoms with Crippen molar-refractivity contribution in [1.82, 2.24) is 9.97 Å². The molecule has 1 aromatic rings. The Morgan fingerprint density at radius 1 is 1.24 bits per heavy atom. The van der Waals surface area contributed by atoms with E-state index in [0.717, 1.165) is 31.6 Å². The SMILES string of the molecule is COC1(c2nc(Cl)cc(Cl)n2)CCC(C)CC1. The largest absolute Gasteiger partial charge is 0.370 e. The second kappa shape index (κ2) is 5.09. The molecule has 0 unspecified atom stereocenters. The third-order valence-corrected chi connectivity index (χ3v) is 3.93. The van der Waals surface area contributed by atoms with Crippen molar-refractivity contribution < 1.29 is 4.74 Å². The fraction of sp³-hybridized carbons (Fsp3) is 0.667. The van der Waals surface area contributed by atoms with E-state index in [1.54, 1.807) is 13.2 Å². The van der Waals surface area contributed by atoms with Crippen LogP contribution in [0.3, 0.4) is 0 Å². The summed E-state index contributed by atoms with van der Waals surface area (Å²) < 4.78 is 5.68. The first-order chi connectivity index (χ1) is 8.05. The third kappa shape index (κ3) is 2.72. The average molecular weight is 275 g/mol. The van der Waals surface area contributed by atoms with Gasteiger partial charge in [0.1, 0.15) is 15.9 Å². The molecule has 5 heteroatoms. The summed E-state index contributed by atoms with van der Waals surface area (Å²) >= 11 is 11.9. The van der Waals surface area contributed by atoms with Crippen LogP contribution >= 0.6 is 23.2 Å². The average Bonchev–Trinajstić information content (AvgIpc) is 2.29. The zero-order valence-corrected chi connectivity index (χ0v) is 11.6. The molecule has 94 valence electrons. The van der Waals surface area contributed by atoms with Crippen molar-refractivity contribution in [2.24, 2.45) is 5.92 Å². The van der Waals surface area contributed by atoms with Crippen LogP contribution in [-0.2, 0) is 10.3 Å². The molecular formula is C12H16Cl2N2O. The predicted molar refractivity (Wildman–Crippen MR) is 68.4 cm³/mol. The van der Waals surface area contributed by atoms with Crippen LogP contribution in [0.1, 0.15) is 38.4 Å². The molecule has 0 bridgehead atoms. The molecule has 0 amide bonds. The Labute approximate surface area is 112 Å². The van der Waals surface area contributed by atoms with E-state index in [1.165, 1.54) is 0 Å². The first kappa shape index (κ1) is 13.1. The van der Waals surface area contributed by atoms with E-state index in [2.05, 4.69) is 16.9 Å². The lowest BCUT2D eigenvalue weighted by molar-refractivity contribution is -0.0597. The van der Waals surface area contributed by atoms with Crippen LogP contribution in [0.4, 0.5) is 0 Å².